The van der Waals surface area contributed by atoms with Crippen molar-refractivity contribution in [3.63, 3.8) is 0 Å². The van der Waals surface area contributed by atoms with Gasteiger partial charge in [-0.15, -0.1) is 0 Å². The molecule has 2 aromatic carbocycles. The third-order valence-electron chi connectivity index (χ3n) is 5.03. The van der Waals surface area contributed by atoms with Crippen molar-refractivity contribution in [3.05, 3.63) is 64.8 Å². The van der Waals surface area contributed by atoms with E-state index in [1.165, 1.54) is 30.4 Å². The van der Waals surface area contributed by atoms with Crippen molar-refractivity contribution in [2.45, 2.75) is 32.1 Å². The Kier molecular flexibility index (Phi) is 6.50. The molecule has 6 nitrogen and oxygen atoms in total. The van der Waals surface area contributed by atoms with E-state index >= 15 is 0 Å². The van der Waals surface area contributed by atoms with Gasteiger partial charge in [-0.25, -0.2) is 9.19 Å². The summed E-state index contributed by atoms with van der Waals surface area (Å²) < 4.78 is 14.5. The molecule has 1 aliphatic rings. The van der Waals surface area contributed by atoms with Gasteiger partial charge < -0.3 is 15.4 Å². The van der Waals surface area contributed by atoms with Crippen molar-refractivity contribution in [2.24, 2.45) is 0 Å². The summed E-state index contributed by atoms with van der Waals surface area (Å²) in [5.74, 6) is 0.931. The summed E-state index contributed by atoms with van der Waals surface area (Å²) in [5, 5.41) is 6.90. The molecule has 0 saturated carbocycles. The van der Waals surface area contributed by atoms with Crippen LogP contribution in [0.1, 0.15) is 30.4 Å². The summed E-state index contributed by atoms with van der Waals surface area (Å²) in [6, 6.07) is 13.9. The minimum atomic E-state index is -1.19. The molecule has 0 amide bonds. The first-order valence-corrected chi connectivity index (χ1v) is 11.9. The summed E-state index contributed by atoms with van der Waals surface area (Å²) in [5.41, 5.74) is 5.23. The Balaban J connectivity index is 1.56. The van der Waals surface area contributed by atoms with E-state index in [4.69, 9.17) is 11.6 Å². The van der Waals surface area contributed by atoms with Crippen LogP contribution in [0.25, 0.3) is 0 Å². The van der Waals surface area contributed by atoms with Gasteiger partial charge in [-0.2, -0.15) is 4.98 Å². The second-order valence-corrected chi connectivity index (χ2v) is 8.81. The van der Waals surface area contributed by atoms with Gasteiger partial charge >= 0.3 is 0 Å². The standard InChI is InChI=1S/C22H24ClN5OS/c1-30(29)28-20-10-6-5-9-19(20)26-21-18(23)14-24-22(27-21)25-17-12-11-15-7-3-2-4-8-16(15)13-17/h5-6,9-14,28H,2-4,7-8H2,1H3,(H2,24,25,26,27). The molecule has 0 bridgehead atoms. The molecule has 1 heterocycles. The largest absolute Gasteiger partial charge is 0.337 e. The van der Waals surface area contributed by atoms with E-state index in [0.717, 1.165) is 24.2 Å². The second kappa shape index (κ2) is 9.45. The number of hydrogen-bond acceptors (Lipinski definition) is 5. The number of halogens is 1. The number of nitrogens with one attached hydrogen (secondary N) is 3. The van der Waals surface area contributed by atoms with Crippen molar-refractivity contribution in [3.8, 4) is 0 Å². The molecule has 0 saturated heterocycles. The van der Waals surface area contributed by atoms with E-state index in [1.807, 2.05) is 24.3 Å². The van der Waals surface area contributed by atoms with Gasteiger partial charge in [-0.05, 0) is 61.1 Å². The van der Waals surface area contributed by atoms with Gasteiger partial charge in [0.25, 0.3) is 0 Å². The van der Waals surface area contributed by atoms with Crippen molar-refractivity contribution in [2.75, 3.05) is 21.6 Å². The van der Waals surface area contributed by atoms with Crippen LogP contribution in [-0.4, -0.2) is 20.4 Å². The zero-order valence-corrected chi connectivity index (χ0v) is 18.3. The first-order chi connectivity index (χ1) is 14.6. The molecular formula is C22H24ClN5OS. The number of aryl methyl sites for hydroxylation is 2. The molecule has 0 fully saturated rings. The lowest BCUT2D eigenvalue weighted by Gasteiger charge is -2.14. The van der Waals surface area contributed by atoms with Crippen LogP contribution in [0, 0.1) is 0 Å². The van der Waals surface area contributed by atoms with Crippen LogP contribution in [0.4, 0.5) is 28.8 Å². The molecule has 1 atom stereocenters. The molecule has 8 heteroatoms. The van der Waals surface area contributed by atoms with Gasteiger partial charge in [0.1, 0.15) is 16.0 Å². The summed E-state index contributed by atoms with van der Waals surface area (Å²) in [4.78, 5) is 8.86. The second-order valence-electron chi connectivity index (χ2n) is 7.29. The van der Waals surface area contributed by atoms with E-state index < -0.39 is 11.0 Å². The van der Waals surface area contributed by atoms with Gasteiger partial charge in [0.2, 0.25) is 5.95 Å². The fourth-order valence-electron chi connectivity index (χ4n) is 3.60. The molecular weight excluding hydrogens is 418 g/mol. The quantitative estimate of drug-likeness (QED) is 0.434. The summed E-state index contributed by atoms with van der Waals surface area (Å²) in [6.07, 6.45) is 9.19. The lowest BCUT2D eigenvalue weighted by molar-refractivity contribution is 0.690. The number of hydrogen-bond donors (Lipinski definition) is 3. The Morgan fingerprint density at radius 1 is 0.967 bits per heavy atom. The van der Waals surface area contributed by atoms with E-state index in [-0.39, 0.29) is 0 Å². The molecule has 3 N–H and O–H groups in total. The monoisotopic (exact) mass is 441 g/mol. The number of aromatic nitrogens is 2. The first kappa shape index (κ1) is 20.6. The zero-order valence-electron chi connectivity index (χ0n) is 16.7. The third-order valence-corrected chi connectivity index (χ3v) is 5.82. The molecule has 1 unspecified atom stereocenters. The molecule has 1 aromatic heterocycles. The summed E-state index contributed by atoms with van der Waals surface area (Å²) >= 11 is 6.32. The molecule has 0 aliphatic heterocycles. The Labute approximate surface area is 184 Å². The highest BCUT2D eigenvalue weighted by molar-refractivity contribution is 7.85. The summed E-state index contributed by atoms with van der Waals surface area (Å²) in [6.45, 7) is 0. The van der Waals surface area contributed by atoms with E-state index in [9.17, 15) is 4.21 Å². The first-order valence-electron chi connectivity index (χ1n) is 9.96. The van der Waals surface area contributed by atoms with E-state index in [1.54, 1.807) is 12.5 Å². The highest BCUT2D eigenvalue weighted by Crippen LogP contribution is 2.30. The Bertz CT molecular complexity index is 1080. The fraction of sp³-hybridized carbons (Fsp3) is 0.273. The number of para-hydroxylation sites is 2. The molecule has 1 aliphatic carbocycles. The molecule has 30 heavy (non-hydrogen) atoms. The average molecular weight is 442 g/mol. The topological polar surface area (TPSA) is 78.9 Å². The number of benzene rings is 2. The Morgan fingerprint density at radius 2 is 1.73 bits per heavy atom. The normalized spacial score (nSPS) is 14.3. The van der Waals surface area contributed by atoms with Gasteiger partial charge in [0.15, 0.2) is 5.82 Å². The van der Waals surface area contributed by atoms with Crippen LogP contribution in [0.3, 0.4) is 0 Å². The van der Waals surface area contributed by atoms with Crippen LogP contribution in [0.15, 0.2) is 48.7 Å². The third kappa shape index (κ3) is 5.09. The predicted octanol–water partition coefficient (Wildman–Crippen LogP) is 5.59. The molecule has 156 valence electrons. The fourth-order valence-corrected chi connectivity index (χ4v) is 4.22. The van der Waals surface area contributed by atoms with Crippen LogP contribution in [-0.2, 0) is 23.8 Å². The van der Waals surface area contributed by atoms with Crippen molar-refractivity contribution >= 4 is 51.4 Å². The lowest BCUT2D eigenvalue weighted by atomic mass is 10.0. The van der Waals surface area contributed by atoms with Crippen LogP contribution in [0.2, 0.25) is 5.02 Å². The van der Waals surface area contributed by atoms with Crippen molar-refractivity contribution in [1.82, 2.24) is 9.97 Å². The SMILES string of the molecule is CS(=O)Nc1ccccc1Nc1nc(Nc2ccc3c(c2)CCCCC3)ncc1Cl. The van der Waals surface area contributed by atoms with E-state index in [2.05, 4.69) is 43.5 Å². The highest BCUT2D eigenvalue weighted by atomic mass is 35.5. The van der Waals surface area contributed by atoms with Crippen LogP contribution >= 0.6 is 11.6 Å². The maximum absolute atomic E-state index is 11.6. The van der Waals surface area contributed by atoms with Gasteiger partial charge in [0.05, 0.1) is 17.6 Å². The van der Waals surface area contributed by atoms with Gasteiger partial charge in [-0.3, -0.25) is 0 Å². The Hall–Kier alpha value is -2.64. The summed E-state index contributed by atoms with van der Waals surface area (Å²) in [7, 11) is -1.19. The van der Waals surface area contributed by atoms with Crippen LogP contribution in [0.5, 0.6) is 0 Å². The van der Waals surface area contributed by atoms with Gasteiger partial charge in [-0.1, -0.05) is 36.2 Å². The van der Waals surface area contributed by atoms with Crippen molar-refractivity contribution < 1.29 is 4.21 Å². The van der Waals surface area contributed by atoms with Crippen LogP contribution < -0.4 is 15.4 Å². The zero-order chi connectivity index (χ0) is 20.9. The van der Waals surface area contributed by atoms with Crippen molar-refractivity contribution in [1.29, 1.82) is 0 Å². The predicted molar refractivity (Wildman–Crippen MR) is 125 cm³/mol. The molecule has 4 rings (SSSR count). The maximum atomic E-state index is 11.6. The lowest BCUT2D eigenvalue weighted by Crippen LogP contribution is -2.06. The molecule has 3 aromatic rings. The highest BCUT2D eigenvalue weighted by Gasteiger charge is 2.12. The van der Waals surface area contributed by atoms with Gasteiger partial charge in [0, 0.05) is 11.9 Å². The maximum Gasteiger partial charge on any atom is 0.229 e. The number of nitrogens with zero attached hydrogens (tertiary/aromatic N) is 2. The average Bonchev–Trinajstić information content (AvgIpc) is 2.96. The molecule has 0 spiro atoms. The molecule has 0 radical (unpaired) electrons. The Morgan fingerprint density at radius 3 is 2.53 bits per heavy atom. The minimum absolute atomic E-state index is 0.398. The van der Waals surface area contributed by atoms with E-state index in [0.29, 0.717) is 22.5 Å². The number of anilines is 5. The number of fused-ring (bicyclic) bond motifs is 1. The minimum Gasteiger partial charge on any atom is -0.337 e. The smallest absolute Gasteiger partial charge is 0.229 e. The number of rotatable bonds is 6.